The zero-order valence-electron chi connectivity index (χ0n) is 21.6. The topological polar surface area (TPSA) is 120 Å². The quantitative estimate of drug-likeness (QED) is 0.372. The number of para-hydroxylation sites is 1. The van der Waals surface area contributed by atoms with Gasteiger partial charge < -0.3 is 9.84 Å². The number of aryl methyl sites for hydroxylation is 1. The Kier molecular flexibility index (Phi) is 6.27. The third-order valence-electron chi connectivity index (χ3n) is 7.47. The monoisotopic (exact) mass is 547 g/mol. The van der Waals surface area contributed by atoms with E-state index in [-0.39, 0.29) is 41.5 Å². The Morgan fingerprint density at radius 2 is 1.92 bits per heavy atom. The molecule has 0 saturated heterocycles. The summed E-state index contributed by atoms with van der Waals surface area (Å²) in [6.07, 6.45) is 6.36. The van der Waals surface area contributed by atoms with Gasteiger partial charge in [0.25, 0.3) is 0 Å². The molecule has 3 atom stereocenters. The van der Waals surface area contributed by atoms with E-state index in [0.29, 0.717) is 23.6 Å². The number of carboxylic acids is 1. The maximum absolute atomic E-state index is 13.6. The van der Waals surface area contributed by atoms with Crippen molar-refractivity contribution in [3.63, 3.8) is 0 Å². The van der Waals surface area contributed by atoms with E-state index in [4.69, 9.17) is 4.74 Å². The first-order valence-electron chi connectivity index (χ1n) is 12.9. The minimum Gasteiger partial charge on any atom is -0.488 e. The number of carboxylic acid groups (broad SMARTS) is 1. The van der Waals surface area contributed by atoms with E-state index in [0.717, 1.165) is 17.5 Å². The van der Waals surface area contributed by atoms with E-state index < -0.39 is 16.0 Å². The fourth-order valence-electron chi connectivity index (χ4n) is 5.38. The summed E-state index contributed by atoms with van der Waals surface area (Å²) in [6, 6.07) is 14.2. The third kappa shape index (κ3) is 4.61. The van der Waals surface area contributed by atoms with Crippen molar-refractivity contribution in [3.8, 4) is 11.4 Å². The number of sulfonamides is 1. The highest BCUT2D eigenvalue weighted by Gasteiger charge is 2.45. The van der Waals surface area contributed by atoms with Crippen LogP contribution in [0.3, 0.4) is 0 Å². The van der Waals surface area contributed by atoms with Crippen LogP contribution in [0.25, 0.3) is 5.69 Å². The van der Waals surface area contributed by atoms with Crippen molar-refractivity contribution in [2.45, 2.75) is 49.1 Å². The van der Waals surface area contributed by atoms with Crippen LogP contribution in [0.5, 0.6) is 5.75 Å². The fourth-order valence-corrected chi connectivity index (χ4v) is 6.96. The lowest BCUT2D eigenvalue weighted by molar-refractivity contribution is 0.0695. The summed E-state index contributed by atoms with van der Waals surface area (Å²) in [5, 5.41) is 18.6. The molecule has 2 aromatic carbocycles. The zero-order valence-corrected chi connectivity index (χ0v) is 22.5. The largest absolute Gasteiger partial charge is 0.488 e. The molecule has 1 fully saturated rings. The van der Waals surface area contributed by atoms with Crippen LogP contribution in [-0.2, 0) is 23.6 Å². The summed E-state index contributed by atoms with van der Waals surface area (Å²) in [7, 11) is -1.93. The molecule has 0 radical (unpaired) electrons. The number of hydrogen-bond donors (Lipinski definition) is 1. The molecular weight excluding hydrogens is 518 g/mol. The van der Waals surface area contributed by atoms with Crippen LogP contribution in [0.15, 0.2) is 72.0 Å². The molecule has 0 bridgehead atoms. The third-order valence-corrected chi connectivity index (χ3v) is 9.32. The molecule has 0 amide bonds. The van der Waals surface area contributed by atoms with Gasteiger partial charge in [0.05, 0.1) is 30.3 Å². The van der Waals surface area contributed by atoms with E-state index >= 15 is 0 Å². The Morgan fingerprint density at radius 1 is 1.10 bits per heavy atom. The van der Waals surface area contributed by atoms with E-state index in [1.54, 1.807) is 33.6 Å². The Balaban J connectivity index is 1.33. The highest BCUT2D eigenvalue weighted by Crippen LogP contribution is 2.55. The Morgan fingerprint density at radius 3 is 2.67 bits per heavy atom. The van der Waals surface area contributed by atoms with Gasteiger partial charge >= 0.3 is 5.97 Å². The Bertz CT molecular complexity index is 1660. The number of nitrogens with zero attached hydrogens (tertiary/aromatic N) is 5. The molecule has 2 aromatic heterocycles. The van der Waals surface area contributed by atoms with E-state index in [1.165, 1.54) is 10.5 Å². The molecule has 1 saturated carbocycles. The first-order chi connectivity index (χ1) is 18.8. The molecule has 1 N–H and O–H groups in total. The SMILES string of the molecule is CC[C@@H]1CN(Cc2cccc(-n3ncc(C(=O)O)c3[C@@H]3C[C@H]3c3cnn(C)c3)c2)S(=O)(=O)c2ccccc2O1. The molecule has 1 aliphatic carbocycles. The highest BCUT2D eigenvalue weighted by molar-refractivity contribution is 7.89. The normalized spacial score (nSPS) is 22.1. The molecular formula is C28H29N5O5S. The summed E-state index contributed by atoms with van der Waals surface area (Å²) in [5.74, 6) is -0.486. The Hall–Kier alpha value is -3.96. The minimum atomic E-state index is -3.79. The lowest BCUT2D eigenvalue weighted by Crippen LogP contribution is -2.36. The number of aromatic carboxylic acids is 1. The first-order valence-corrected chi connectivity index (χ1v) is 14.3. The molecule has 0 spiro atoms. The molecule has 11 heteroatoms. The second-order valence-corrected chi connectivity index (χ2v) is 12.0. The van der Waals surface area contributed by atoms with Gasteiger partial charge in [-0.05, 0) is 54.2 Å². The van der Waals surface area contributed by atoms with Crippen molar-refractivity contribution >= 4 is 16.0 Å². The molecule has 2 aliphatic rings. The number of rotatable bonds is 7. The Labute approximate surface area is 226 Å². The maximum atomic E-state index is 13.6. The molecule has 10 nitrogen and oxygen atoms in total. The first kappa shape index (κ1) is 25.3. The summed E-state index contributed by atoms with van der Waals surface area (Å²) in [4.78, 5) is 12.2. The average Bonchev–Trinajstić information content (AvgIpc) is 3.40. The highest BCUT2D eigenvalue weighted by atomic mass is 32.2. The van der Waals surface area contributed by atoms with E-state index in [9.17, 15) is 18.3 Å². The van der Waals surface area contributed by atoms with Gasteiger partial charge in [0.15, 0.2) is 0 Å². The van der Waals surface area contributed by atoms with Crippen LogP contribution in [-0.4, -0.2) is 56.0 Å². The predicted molar refractivity (Wildman–Crippen MR) is 143 cm³/mol. The number of carbonyl (C=O) groups is 1. The van der Waals surface area contributed by atoms with E-state index in [1.807, 2.05) is 50.6 Å². The molecule has 4 aromatic rings. The zero-order chi connectivity index (χ0) is 27.3. The maximum Gasteiger partial charge on any atom is 0.339 e. The summed E-state index contributed by atoms with van der Waals surface area (Å²) in [5.41, 5.74) is 3.33. The molecule has 202 valence electrons. The van der Waals surface area contributed by atoms with Gasteiger partial charge in [-0.15, -0.1) is 0 Å². The summed E-state index contributed by atoms with van der Waals surface area (Å²) in [6.45, 7) is 2.34. The van der Waals surface area contributed by atoms with Gasteiger partial charge in [0.1, 0.15) is 22.3 Å². The van der Waals surface area contributed by atoms with Gasteiger partial charge in [0, 0.05) is 25.7 Å². The van der Waals surface area contributed by atoms with E-state index in [2.05, 4.69) is 10.2 Å². The minimum absolute atomic E-state index is 0.00333. The predicted octanol–water partition coefficient (Wildman–Crippen LogP) is 3.94. The van der Waals surface area contributed by atoms with Crippen molar-refractivity contribution in [2.75, 3.05) is 6.54 Å². The van der Waals surface area contributed by atoms with Crippen LogP contribution < -0.4 is 4.74 Å². The van der Waals surface area contributed by atoms with Crippen molar-refractivity contribution < 1.29 is 23.1 Å². The van der Waals surface area contributed by atoms with Gasteiger partial charge in [0.2, 0.25) is 10.0 Å². The summed E-state index contributed by atoms with van der Waals surface area (Å²) >= 11 is 0. The molecule has 1 aliphatic heterocycles. The van der Waals surface area contributed by atoms with Gasteiger partial charge in [-0.3, -0.25) is 4.68 Å². The molecule has 39 heavy (non-hydrogen) atoms. The molecule has 0 unspecified atom stereocenters. The number of fused-ring (bicyclic) bond motifs is 1. The second kappa shape index (κ2) is 9.65. The lowest BCUT2D eigenvalue weighted by atomic mass is 10.1. The number of ether oxygens (including phenoxy) is 1. The average molecular weight is 548 g/mol. The van der Waals surface area contributed by atoms with Crippen LogP contribution in [0.1, 0.15) is 58.8 Å². The van der Waals surface area contributed by atoms with Crippen LogP contribution in [0.4, 0.5) is 0 Å². The smallest absolute Gasteiger partial charge is 0.339 e. The van der Waals surface area contributed by atoms with Crippen LogP contribution >= 0.6 is 0 Å². The van der Waals surface area contributed by atoms with Gasteiger partial charge in [-0.25, -0.2) is 17.9 Å². The lowest BCUT2D eigenvalue weighted by Gasteiger charge is -2.22. The molecule has 6 rings (SSSR count). The summed E-state index contributed by atoms with van der Waals surface area (Å²) < 4.78 is 38.1. The van der Waals surface area contributed by atoms with Crippen molar-refractivity contribution in [1.29, 1.82) is 0 Å². The van der Waals surface area contributed by atoms with Crippen molar-refractivity contribution in [2.24, 2.45) is 7.05 Å². The van der Waals surface area contributed by atoms with Gasteiger partial charge in [-0.1, -0.05) is 31.2 Å². The fraction of sp³-hybridized carbons (Fsp3) is 0.321. The van der Waals surface area contributed by atoms with Gasteiger partial charge in [-0.2, -0.15) is 14.5 Å². The van der Waals surface area contributed by atoms with Crippen molar-refractivity contribution in [1.82, 2.24) is 23.9 Å². The number of hydrogen-bond acceptors (Lipinski definition) is 6. The second-order valence-electron chi connectivity index (χ2n) is 10.1. The van der Waals surface area contributed by atoms with Crippen LogP contribution in [0.2, 0.25) is 0 Å². The number of aromatic nitrogens is 4. The standard InChI is InChI=1S/C28H29N5O5S/c1-3-21-17-32(39(36,37)26-10-5-4-9-25(26)38-21)15-18-7-6-8-20(11-18)33-27(24(14-30-33)28(34)35)23-12-22(23)19-13-29-31(2)16-19/h4-11,13-14,16,21-23H,3,12,15,17H2,1-2H3,(H,34,35)/t21-,22+,23-/m1/s1. The number of benzene rings is 2. The van der Waals surface area contributed by atoms with Crippen molar-refractivity contribution in [3.05, 3.63) is 89.5 Å². The van der Waals surface area contributed by atoms with Crippen LogP contribution in [0, 0.1) is 0 Å². The molecule has 3 heterocycles.